The largest absolute Gasteiger partial charge is 0.488 e. The van der Waals surface area contributed by atoms with Crippen LogP contribution in [0.15, 0.2) is 30.3 Å². The molecular weight excluding hydrogens is 266 g/mol. The Hall–Kier alpha value is -2.36. The third-order valence-electron chi connectivity index (χ3n) is 2.77. The van der Waals surface area contributed by atoms with Crippen LogP contribution >= 0.6 is 0 Å². The minimum absolute atomic E-state index is 0.289. The average Bonchev–Trinajstić information content (AvgIpc) is 2.34. The number of benzene rings is 1. The smallest absolute Gasteiger partial charge is 0.328 e. The van der Waals surface area contributed by atoms with Crippen molar-refractivity contribution in [3.8, 4) is 5.75 Å². The Morgan fingerprint density at radius 3 is 2.62 bits per heavy atom. The van der Waals surface area contributed by atoms with Crippen LogP contribution in [0.5, 0.6) is 5.75 Å². The molecule has 1 heterocycles. The maximum atomic E-state index is 10.7. The zero-order valence-corrected chi connectivity index (χ0v) is 12.7. The lowest BCUT2D eigenvalue weighted by molar-refractivity contribution is -0.131. The van der Waals surface area contributed by atoms with Gasteiger partial charge in [-0.1, -0.05) is 0 Å². The van der Waals surface area contributed by atoms with Gasteiger partial charge in [-0.05, 0) is 63.6 Å². The number of fused-ring (bicyclic) bond motifs is 1. The lowest BCUT2D eigenvalue weighted by atomic mass is 10.1. The van der Waals surface area contributed by atoms with Gasteiger partial charge in [0.25, 0.3) is 0 Å². The molecule has 0 unspecified atom stereocenters. The highest BCUT2D eigenvalue weighted by molar-refractivity contribution is 5.93. The van der Waals surface area contributed by atoms with E-state index in [9.17, 15) is 4.79 Å². The Morgan fingerprint density at radius 2 is 2.00 bits per heavy atom. The predicted molar refractivity (Wildman–Crippen MR) is 83.5 cm³/mol. The molecule has 0 bridgehead atoms. The minimum atomic E-state index is -0.972. The molecular formula is C17H19NO3. The highest BCUT2D eigenvalue weighted by Gasteiger charge is 2.12. The van der Waals surface area contributed by atoms with Gasteiger partial charge in [-0.3, -0.25) is 4.98 Å². The van der Waals surface area contributed by atoms with Gasteiger partial charge in [0.15, 0.2) is 0 Å². The molecule has 0 aliphatic heterocycles. The van der Waals surface area contributed by atoms with E-state index in [1.807, 2.05) is 52.0 Å². The van der Waals surface area contributed by atoms with Crippen LogP contribution in [-0.4, -0.2) is 21.7 Å². The van der Waals surface area contributed by atoms with Crippen LogP contribution in [0.25, 0.3) is 17.0 Å². The molecule has 0 spiro atoms. The molecule has 0 fully saturated rings. The number of aryl methyl sites for hydroxylation is 1. The molecule has 1 aromatic carbocycles. The molecule has 0 amide bonds. The van der Waals surface area contributed by atoms with E-state index in [0.717, 1.165) is 34.0 Å². The molecule has 0 atom stereocenters. The second-order valence-corrected chi connectivity index (χ2v) is 5.92. The van der Waals surface area contributed by atoms with E-state index < -0.39 is 5.97 Å². The zero-order chi connectivity index (χ0) is 15.6. The highest BCUT2D eigenvalue weighted by atomic mass is 16.5. The van der Waals surface area contributed by atoms with Gasteiger partial charge in [0, 0.05) is 17.2 Å². The van der Waals surface area contributed by atoms with Crippen molar-refractivity contribution in [3.05, 3.63) is 41.6 Å². The fourth-order valence-corrected chi connectivity index (χ4v) is 2.08. The molecule has 1 aromatic heterocycles. The van der Waals surface area contributed by atoms with Gasteiger partial charge in [0.2, 0.25) is 0 Å². The normalized spacial score (nSPS) is 12.0. The summed E-state index contributed by atoms with van der Waals surface area (Å²) >= 11 is 0. The summed E-state index contributed by atoms with van der Waals surface area (Å²) in [6.45, 7) is 7.83. The van der Waals surface area contributed by atoms with E-state index in [1.165, 1.54) is 0 Å². The van der Waals surface area contributed by atoms with Crippen molar-refractivity contribution < 1.29 is 14.6 Å². The molecule has 110 valence electrons. The van der Waals surface area contributed by atoms with Crippen molar-refractivity contribution in [3.63, 3.8) is 0 Å². The van der Waals surface area contributed by atoms with Crippen LogP contribution in [0.4, 0.5) is 0 Å². The van der Waals surface area contributed by atoms with Crippen molar-refractivity contribution in [1.29, 1.82) is 0 Å². The van der Waals surface area contributed by atoms with Crippen LogP contribution in [-0.2, 0) is 4.79 Å². The summed E-state index contributed by atoms with van der Waals surface area (Å²) in [6.07, 6.45) is 2.71. The number of aromatic nitrogens is 1. The Bertz CT molecular complexity index is 712. The number of carboxylic acids is 1. The molecule has 21 heavy (non-hydrogen) atoms. The average molecular weight is 285 g/mol. The van der Waals surface area contributed by atoms with Gasteiger partial charge in [-0.2, -0.15) is 0 Å². The first kappa shape index (κ1) is 15.0. The van der Waals surface area contributed by atoms with Gasteiger partial charge in [-0.15, -0.1) is 0 Å². The van der Waals surface area contributed by atoms with Crippen molar-refractivity contribution in [2.24, 2.45) is 0 Å². The fourth-order valence-electron chi connectivity index (χ4n) is 2.08. The van der Waals surface area contributed by atoms with Crippen LogP contribution in [0.2, 0.25) is 0 Å². The van der Waals surface area contributed by atoms with Gasteiger partial charge >= 0.3 is 5.97 Å². The first-order valence-corrected chi connectivity index (χ1v) is 6.76. The summed E-state index contributed by atoms with van der Waals surface area (Å²) < 4.78 is 5.85. The van der Waals surface area contributed by atoms with Crippen molar-refractivity contribution in [2.45, 2.75) is 33.3 Å². The molecule has 0 aliphatic rings. The SMILES string of the molecule is Cc1cc(/C=C/C(=O)O)c2cc(OC(C)(C)C)ccc2n1. The lowest BCUT2D eigenvalue weighted by Crippen LogP contribution is -2.22. The summed E-state index contributed by atoms with van der Waals surface area (Å²) in [5, 5.41) is 9.67. The summed E-state index contributed by atoms with van der Waals surface area (Å²) in [6, 6.07) is 7.53. The van der Waals surface area contributed by atoms with E-state index in [1.54, 1.807) is 6.08 Å². The fraction of sp³-hybridized carbons (Fsp3) is 0.294. The van der Waals surface area contributed by atoms with Crippen LogP contribution < -0.4 is 4.74 Å². The van der Waals surface area contributed by atoms with Gasteiger partial charge in [-0.25, -0.2) is 4.79 Å². The molecule has 4 nitrogen and oxygen atoms in total. The number of rotatable bonds is 3. The molecule has 0 saturated heterocycles. The summed E-state index contributed by atoms with van der Waals surface area (Å²) in [5.41, 5.74) is 2.20. The van der Waals surface area contributed by atoms with E-state index in [2.05, 4.69) is 4.98 Å². The topological polar surface area (TPSA) is 59.4 Å². The third kappa shape index (κ3) is 4.05. The van der Waals surface area contributed by atoms with Crippen molar-refractivity contribution in [1.82, 2.24) is 4.98 Å². The molecule has 1 N–H and O–H groups in total. The summed E-state index contributed by atoms with van der Waals surface area (Å²) in [5.74, 6) is -0.231. The standard InChI is InChI=1S/C17H19NO3/c1-11-9-12(5-8-16(19)20)14-10-13(21-17(2,3)4)6-7-15(14)18-11/h5-10H,1-4H3,(H,19,20)/b8-5+. The minimum Gasteiger partial charge on any atom is -0.488 e. The quantitative estimate of drug-likeness (QED) is 0.871. The van der Waals surface area contributed by atoms with Crippen LogP contribution in [0.1, 0.15) is 32.0 Å². The number of hydrogen-bond donors (Lipinski definition) is 1. The summed E-state index contributed by atoms with van der Waals surface area (Å²) in [4.78, 5) is 15.2. The Kier molecular flexibility index (Phi) is 3.98. The number of aliphatic carboxylic acids is 1. The molecule has 2 rings (SSSR count). The molecule has 4 heteroatoms. The van der Waals surface area contributed by atoms with E-state index in [4.69, 9.17) is 9.84 Å². The van der Waals surface area contributed by atoms with Crippen molar-refractivity contribution in [2.75, 3.05) is 0 Å². The Labute approximate surface area is 124 Å². The predicted octanol–water partition coefficient (Wildman–Crippen LogP) is 3.82. The number of carbonyl (C=O) groups is 1. The maximum absolute atomic E-state index is 10.7. The van der Waals surface area contributed by atoms with Crippen molar-refractivity contribution >= 4 is 22.9 Å². The Morgan fingerprint density at radius 1 is 1.29 bits per heavy atom. The van der Waals surface area contributed by atoms with Gasteiger partial charge in [0.1, 0.15) is 11.4 Å². The van der Waals surface area contributed by atoms with E-state index >= 15 is 0 Å². The second-order valence-electron chi connectivity index (χ2n) is 5.92. The lowest BCUT2D eigenvalue weighted by Gasteiger charge is -2.21. The van der Waals surface area contributed by atoms with Crippen LogP contribution in [0.3, 0.4) is 0 Å². The summed E-state index contributed by atoms with van der Waals surface area (Å²) in [7, 11) is 0. The van der Waals surface area contributed by atoms with Crippen LogP contribution in [0, 0.1) is 6.92 Å². The molecule has 0 aliphatic carbocycles. The zero-order valence-electron chi connectivity index (χ0n) is 12.7. The van der Waals surface area contributed by atoms with E-state index in [-0.39, 0.29) is 5.60 Å². The number of pyridine rings is 1. The van der Waals surface area contributed by atoms with Gasteiger partial charge < -0.3 is 9.84 Å². The molecule has 0 saturated carbocycles. The maximum Gasteiger partial charge on any atom is 0.328 e. The third-order valence-corrected chi connectivity index (χ3v) is 2.77. The number of carboxylic acid groups (broad SMARTS) is 1. The number of nitrogens with zero attached hydrogens (tertiary/aromatic N) is 1. The monoisotopic (exact) mass is 285 g/mol. The van der Waals surface area contributed by atoms with E-state index in [0.29, 0.717) is 0 Å². The second kappa shape index (κ2) is 5.56. The number of hydrogen-bond acceptors (Lipinski definition) is 3. The first-order valence-electron chi connectivity index (χ1n) is 6.76. The molecule has 0 radical (unpaired) electrons. The number of ether oxygens (including phenoxy) is 1. The molecule has 2 aromatic rings. The highest BCUT2D eigenvalue weighted by Crippen LogP contribution is 2.26. The Balaban J connectivity index is 2.55. The first-order chi connectivity index (χ1) is 9.74. The van der Waals surface area contributed by atoms with Gasteiger partial charge in [0.05, 0.1) is 5.52 Å².